The Balaban J connectivity index is 1.60. The van der Waals surface area contributed by atoms with Gasteiger partial charge in [0.25, 0.3) is 0 Å². The number of nitrogens with zero attached hydrogens (tertiary/aromatic N) is 3. The molecule has 5 heteroatoms. The first-order valence-electron chi connectivity index (χ1n) is 7.17. The summed E-state index contributed by atoms with van der Waals surface area (Å²) in [5.74, 6) is 2.05. The highest BCUT2D eigenvalue weighted by molar-refractivity contribution is 5.54. The zero-order valence-corrected chi connectivity index (χ0v) is 12.4. The van der Waals surface area contributed by atoms with Gasteiger partial charge in [0, 0.05) is 26.2 Å². The van der Waals surface area contributed by atoms with Gasteiger partial charge < -0.3 is 9.32 Å². The summed E-state index contributed by atoms with van der Waals surface area (Å²) in [6.45, 7) is 11.3. The van der Waals surface area contributed by atoms with Crippen molar-refractivity contribution in [3.63, 3.8) is 0 Å². The highest BCUT2D eigenvalue weighted by atomic mass is 16.3. The fraction of sp³-hybridized carbons (Fsp3) is 0.533. The molecule has 2 aromatic heterocycles. The van der Waals surface area contributed by atoms with Gasteiger partial charge in [-0.1, -0.05) is 0 Å². The molecule has 108 valence electrons. The lowest BCUT2D eigenvalue weighted by Gasteiger charge is -2.35. The molecule has 3 rings (SSSR count). The summed E-state index contributed by atoms with van der Waals surface area (Å²) >= 11 is 0. The lowest BCUT2D eigenvalue weighted by atomic mass is 10.2. The van der Waals surface area contributed by atoms with E-state index >= 15 is 0 Å². The molecule has 1 fully saturated rings. The van der Waals surface area contributed by atoms with Crippen molar-refractivity contribution in [2.24, 2.45) is 0 Å². The molecule has 0 atom stereocenters. The number of H-pyrrole nitrogens is 1. The van der Waals surface area contributed by atoms with Gasteiger partial charge in [-0.25, -0.2) is 0 Å². The van der Waals surface area contributed by atoms with Crippen LogP contribution < -0.4 is 4.90 Å². The summed E-state index contributed by atoms with van der Waals surface area (Å²) in [4.78, 5) is 4.87. The van der Waals surface area contributed by atoms with Crippen LogP contribution in [0, 0.1) is 20.8 Å². The van der Waals surface area contributed by atoms with Crippen molar-refractivity contribution in [2.45, 2.75) is 27.3 Å². The van der Waals surface area contributed by atoms with E-state index in [0.717, 1.165) is 55.6 Å². The van der Waals surface area contributed by atoms with Crippen LogP contribution in [0.15, 0.2) is 16.5 Å². The first kappa shape index (κ1) is 13.2. The Bertz CT molecular complexity index is 559. The van der Waals surface area contributed by atoms with E-state index in [9.17, 15) is 0 Å². The highest BCUT2D eigenvalue weighted by Gasteiger charge is 2.21. The molecule has 2 aromatic rings. The van der Waals surface area contributed by atoms with Gasteiger partial charge in [0.05, 0.1) is 23.6 Å². The topological polar surface area (TPSA) is 48.3 Å². The molecule has 0 bridgehead atoms. The summed E-state index contributed by atoms with van der Waals surface area (Å²) in [6.07, 6.45) is 0. The van der Waals surface area contributed by atoms with Gasteiger partial charge in [-0.2, -0.15) is 5.10 Å². The van der Waals surface area contributed by atoms with Crippen LogP contribution in [0.5, 0.6) is 0 Å². The maximum atomic E-state index is 5.65. The minimum atomic E-state index is 0.908. The van der Waals surface area contributed by atoms with Crippen molar-refractivity contribution in [1.82, 2.24) is 15.1 Å². The SMILES string of the molecule is Cc1ccc(CN2CCN(c3c(C)n[nH]c3C)CC2)o1. The molecular weight excluding hydrogens is 252 g/mol. The van der Waals surface area contributed by atoms with Crippen molar-refractivity contribution < 1.29 is 4.42 Å². The molecular formula is C15H22N4O. The Kier molecular flexibility index (Phi) is 3.53. The lowest BCUT2D eigenvalue weighted by molar-refractivity contribution is 0.229. The average Bonchev–Trinajstić information content (AvgIpc) is 2.98. The Hall–Kier alpha value is -1.75. The molecule has 0 unspecified atom stereocenters. The molecule has 0 aliphatic carbocycles. The lowest BCUT2D eigenvalue weighted by Crippen LogP contribution is -2.46. The minimum absolute atomic E-state index is 0.908. The summed E-state index contributed by atoms with van der Waals surface area (Å²) in [5.41, 5.74) is 3.54. The molecule has 20 heavy (non-hydrogen) atoms. The number of furan rings is 1. The number of hydrogen-bond acceptors (Lipinski definition) is 4. The average molecular weight is 274 g/mol. The standard InChI is InChI=1S/C15H22N4O/c1-11-4-5-14(20-11)10-18-6-8-19(9-7-18)15-12(2)16-17-13(15)3/h4-5H,6-10H2,1-3H3,(H,16,17). The van der Waals surface area contributed by atoms with Crippen LogP contribution in [0.4, 0.5) is 5.69 Å². The van der Waals surface area contributed by atoms with Crippen LogP contribution in [-0.2, 0) is 6.54 Å². The Morgan fingerprint density at radius 3 is 2.45 bits per heavy atom. The molecule has 0 spiro atoms. The summed E-state index contributed by atoms with van der Waals surface area (Å²) in [6, 6.07) is 4.11. The highest BCUT2D eigenvalue weighted by Crippen LogP contribution is 2.23. The normalized spacial score (nSPS) is 16.9. The predicted molar refractivity (Wildman–Crippen MR) is 79.0 cm³/mol. The van der Waals surface area contributed by atoms with Crippen LogP contribution in [-0.4, -0.2) is 41.3 Å². The second kappa shape index (κ2) is 5.32. The number of aromatic amines is 1. The number of hydrogen-bond donors (Lipinski definition) is 1. The first-order valence-corrected chi connectivity index (χ1v) is 7.17. The van der Waals surface area contributed by atoms with Crippen LogP contribution in [0.2, 0.25) is 0 Å². The summed E-state index contributed by atoms with van der Waals surface area (Å²) in [7, 11) is 0. The third-order valence-corrected chi connectivity index (χ3v) is 3.95. The Labute approximate surface area is 119 Å². The van der Waals surface area contributed by atoms with Gasteiger partial charge in [0.15, 0.2) is 0 Å². The molecule has 0 amide bonds. The smallest absolute Gasteiger partial charge is 0.118 e. The van der Waals surface area contributed by atoms with Gasteiger partial charge in [-0.3, -0.25) is 10.00 Å². The van der Waals surface area contributed by atoms with E-state index in [2.05, 4.69) is 39.9 Å². The van der Waals surface area contributed by atoms with E-state index in [-0.39, 0.29) is 0 Å². The van der Waals surface area contributed by atoms with Gasteiger partial charge in [-0.05, 0) is 32.9 Å². The van der Waals surface area contributed by atoms with E-state index in [1.807, 2.05) is 13.0 Å². The number of nitrogens with one attached hydrogen (secondary N) is 1. The summed E-state index contributed by atoms with van der Waals surface area (Å²) < 4.78 is 5.65. The minimum Gasteiger partial charge on any atom is -0.465 e. The molecule has 5 nitrogen and oxygen atoms in total. The molecule has 1 aliphatic heterocycles. The van der Waals surface area contributed by atoms with E-state index in [0.29, 0.717) is 0 Å². The zero-order chi connectivity index (χ0) is 14.1. The molecule has 0 saturated carbocycles. The molecule has 0 radical (unpaired) electrons. The zero-order valence-electron chi connectivity index (χ0n) is 12.4. The maximum absolute atomic E-state index is 5.65. The van der Waals surface area contributed by atoms with Crippen molar-refractivity contribution >= 4 is 5.69 Å². The van der Waals surface area contributed by atoms with Gasteiger partial charge in [0.1, 0.15) is 11.5 Å². The number of aryl methyl sites for hydroxylation is 3. The van der Waals surface area contributed by atoms with Crippen LogP contribution in [0.1, 0.15) is 22.9 Å². The van der Waals surface area contributed by atoms with E-state index < -0.39 is 0 Å². The fourth-order valence-corrected chi connectivity index (χ4v) is 2.93. The van der Waals surface area contributed by atoms with Crippen molar-refractivity contribution in [1.29, 1.82) is 0 Å². The van der Waals surface area contributed by atoms with Crippen LogP contribution in [0.25, 0.3) is 0 Å². The van der Waals surface area contributed by atoms with E-state index in [1.54, 1.807) is 0 Å². The van der Waals surface area contributed by atoms with Crippen LogP contribution >= 0.6 is 0 Å². The number of anilines is 1. The fourth-order valence-electron chi connectivity index (χ4n) is 2.93. The number of piperazine rings is 1. The Morgan fingerprint density at radius 2 is 1.90 bits per heavy atom. The summed E-state index contributed by atoms with van der Waals surface area (Å²) in [5, 5.41) is 7.35. The van der Waals surface area contributed by atoms with Gasteiger partial charge in [-0.15, -0.1) is 0 Å². The number of rotatable bonds is 3. The molecule has 3 heterocycles. The van der Waals surface area contributed by atoms with Crippen molar-refractivity contribution in [2.75, 3.05) is 31.1 Å². The number of aromatic nitrogens is 2. The molecule has 0 aromatic carbocycles. The second-order valence-electron chi connectivity index (χ2n) is 5.56. The molecule has 1 saturated heterocycles. The largest absolute Gasteiger partial charge is 0.465 e. The van der Waals surface area contributed by atoms with Crippen molar-refractivity contribution in [3.05, 3.63) is 35.0 Å². The third-order valence-electron chi connectivity index (χ3n) is 3.95. The maximum Gasteiger partial charge on any atom is 0.118 e. The predicted octanol–water partition coefficient (Wildman–Crippen LogP) is 2.25. The first-order chi connectivity index (χ1) is 9.63. The van der Waals surface area contributed by atoms with Crippen molar-refractivity contribution in [3.8, 4) is 0 Å². The second-order valence-corrected chi connectivity index (χ2v) is 5.56. The van der Waals surface area contributed by atoms with E-state index in [4.69, 9.17) is 4.42 Å². The van der Waals surface area contributed by atoms with Crippen LogP contribution in [0.3, 0.4) is 0 Å². The molecule has 1 aliphatic rings. The molecule has 1 N–H and O–H groups in total. The third kappa shape index (κ3) is 2.58. The Morgan fingerprint density at radius 1 is 1.15 bits per heavy atom. The van der Waals surface area contributed by atoms with E-state index in [1.165, 1.54) is 5.69 Å². The van der Waals surface area contributed by atoms with Gasteiger partial charge >= 0.3 is 0 Å². The quantitative estimate of drug-likeness (QED) is 0.932. The monoisotopic (exact) mass is 274 g/mol. The van der Waals surface area contributed by atoms with Gasteiger partial charge in [0.2, 0.25) is 0 Å².